The minimum Gasteiger partial charge on any atom is -0.249 e. The molecule has 2 unspecified atom stereocenters. The molecule has 4 nitrogen and oxygen atoms in total. The van der Waals surface area contributed by atoms with Gasteiger partial charge in [-0.05, 0) is 78.3 Å². The van der Waals surface area contributed by atoms with E-state index in [9.17, 15) is 12.6 Å². The minimum absolute atomic E-state index is 0.165. The lowest BCUT2D eigenvalue weighted by Gasteiger charge is -2.10. The third-order valence-corrected chi connectivity index (χ3v) is 9.76. The molecule has 0 bridgehead atoms. The van der Waals surface area contributed by atoms with Crippen LogP contribution in [0.3, 0.4) is 0 Å². The molecule has 2 atom stereocenters. The summed E-state index contributed by atoms with van der Waals surface area (Å²) in [6.07, 6.45) is 0. The quantitative estimate of drug-likeness (QED) is 0.353. The molecule has 162 valence electrons. The normalized spacial score (nSPS) is 13.5. The van der Waals surface area contributed by atoms with Crippen molar-refractivity contribution in [2.24, 2.45) is 3.77 Å². The molecule has 4 aromatic carbocycles. The molecule has 0 radical (unpaired) electrons. The molecule has 4 aromatic rings. The zero-order chi connectivity index (χ0) is 22.6. The van der Waals surface area contributed by atoms with Gasteiger partial charge >= 0.3 is 0 Å². The molecule has 0 amide bonds. The molecular formula is C25H21NO3S3. The van der Waals surface area contributed by atoms with Crippen LogP contribution in [0.1, 0.15) is 5.56 Å². The molecule has 0 saturated carbocycles. The van der Waals surface area contributed by atoms with Crippen molar-refractivity contribution in [2.75, 3.05) is 0 Å². The van der Waals surface area contributed by atoms with Crippen LogP contribution in [-0.2, 0) is 31.5 Å². The summed E-state index contributed by atoms with van der Waals surface area (Å²) in [5.41, 5.74) is 0.980. The fourth-order valence-corrected chi connectivity index (χ4v) is 7.43. The second-order valence-electron chi connectivity index (χ2n) is 7.01. The van der Waals surface area contributed by atoms with Crippen LogP contribution < -0.4 is 0 Å². The number of hydrogen-bond donors (Lipinski definition) is 0. The Balaban J connectivity index is 1.76. The van der Waals surface area contributed by atoms with E-state index < -0.39 is 31.5 Å². The second-order valence-corrected chi connectivity index (χ2v) is 12.0. The van der Waals surface area contributed by atoms with E-state index in [4.69, 9.17) is 0 Å². The Bertz CT molecular complexity index is 1370. The molecule has 4 rings (SSSR count). The number of hydrogen-bond acceptors (Lipinski definition) is 3. The molecule has 32 heavy (non-hydrogen) atoms. The van der Waals surface area contributed by atoms with Crippen LogP contribution in [0.25, 0.3) is 0 Å². The number of benzene rings is 4. The smallest absolute Gasteiger partial charge is 0.249 e. The monoisotopic (exact) mass is 479 g/mol. The molecule has 0 aliphatic rings. The van der Waals surface area contributed by atoms with Gasteiger partial charge < -0.3 is 0 Å². The Hall–Kier alpha value is -2.87. The lowest BCUT2D eigenvalue weighted by molar-refractivity contribution is 0.598. The van der Waals surface area contributed by atoms with Crippen LogP contribution in [-0.4, -0.2) is 12.6 Å². The number of rotatable bonds is 6. The van der Waals surface area contributed by atoms with Crippen molar-refractivity contribution in [2.45, 2.75) is 31.4 Å². The van der Waals surface area contributed by atoms with Crippen molar-refractivity contribution in [3.8, 4) is 0 Å². The first-order valence-electron chi connectivity index (χ1n) is 9.85. The van der Waals surface area contributed by atoms with Gasteiger partial charge in [0.25, 0.3) is 10.0 Å². The van der Waals surface area contributed by atoms with Crippen LogP contribution in [0, 0.1) is 6.92 Å². The SMILES string of the molecule is Cc1ccc(S(=O)(=O)/N=S(\c2ccccc2)c2ccc(S(=O)c3ccccc3)cc2)cc1. The highest BCUT2D eigenvalue weighted by atomic mass is 32.3. The van der Waals surface area contributed by atoms with Gasteiger partial charge in [0.15, 0.2) is 0 Å². The summed E-state index contributed by atoms with van der Waals surface area (Å²) in [5.74, 6) is 0. The Morgan fingerprint density at radius 2 is 1.03 bits per heavy atom. The summed E-state index contributed by atoms with van der Waals surface area (Å²) >= 11 is 0. The van der Waals surface area contributed by atoms with Crippen LogP contribution in [0.15, 0.2) is 137 Å². The Morgan fingerprint density at radius 3 is 1.59 bits per heavy atom. The van der Waals surface area contributed by atoms with Gasteiger partial charge in [-0.2, -0.15) is 8.42 Å². The first kappa shape index (κ1) is 22.3. The van der Waals surface area contributed by atoms with E-state index in [-0.39, 0.29) is 4.90 Å². The van der Waals surface area contributed by atoms with Crippen molar-refractivity contribution in [1.29, 1.82) is 0 Å². The van der Waals surface area contributed by atoms with Gasteiger partial charge in [-0.1, -0.05) is 54.1 Å². The van der Waals surface area contributed by atoms with E-state index in [0.29, 0.717) is 9.79 Å². The van der Waals surface area contributed by atoms with Gasteiger partial charge in [0.2, 0.25) is 0 Å². The molecular weight excluding hydrogens is 458 g/mol. The van der Waals surface area contributed by atoms with Gasteiger partial charge in [-0.15, -0.1) is 3.77 Å². The molecule has 0 spiro atoms. The lowest BCUT2D eigenvalue weighted by atomic mass is 10.2. The predicted octanol–water partition coefficient (Wildman–Crippen LogP) is 5.77. The largest absolute Gasteiger partial charge is 0.288 e. The zero-order valence-electron chi connectivity index (χ0n) is 17.3. The maximum absolute atomic E-state index is 13.1. The van der Waals surface area contributed by atoms with Crippen molar-refractivity contribution >= 4 is 31.5 Å². The Kier molecular flexibility index (Phi) is 6.79. The van der Waals surface area contributed by atoms with E-state index in [1.807, 2.05) is 67.6 Å². The third-order valence-electron chi connectivity index (χ3n) is 4.68. The summed E-state index contributed by atoms with van der Waals surface area (Å²) in [6, 6.07) is 32.4. The molecule has 0 aliphatic carbocycles. The van der Waals surface area contributed by atoms with Crippen molar-refractivity contribution < 1.29 is 12.6 Å². The van der Waals surface area contributed by atoms with Crippen molar-refractivity contribution in [3.63, 3.8) is 0 Å². The highest BCUT2D eigenvalue weighted by molar-refractivity contribution is 8.00. The van der Waals surface area contributed by atoms with Gasteiger partial charge in [-0.25, -0.2) is 4.21 Å². The average molecular weight is 480 g/mol. The number of sulfonamides is 1. The van der Waals surface area contributed by atoms with E-state index >= 15 is 0 Å². The van der Waals surface area contributed by atoms with E-state index in [0.717, 1.165) is 15.4 Å². The van der Waals surface area contributed by atoms with Crippen LogP contribution >= 0.6 is 0 Å². The number of nitrogens with zero attached hydrogens (tertiary/aromatic N) is 1. The van der Waals surface area contributed by atoms with Gasteiger partial charge in [0.05, 0.1) is 15.7 Å². The average Bonchev–Trinajstić information content (AvgIpc) is 2.84. The maximum Gasteiger partial charge on any atom is 0.288 e. The topological polar surface area (TPSA) is 63.6 Å². The molecule has 7 heteroatoms. The van der Waals surface area contributed by atoms with Gasteiger partial charge in [0, 0.05) is 19.6 Å². The van der Waals surface area contributed by atoms with E-state index in [1.54, 1.807) is 48.5 Å². The third kappa shape index (κ3) is 5.12. The fraction of sp³-hybridized carbons (Fsp3) is 0.0400. The minimum atomic E-state index is -3.86. The molecule has 0 aromatic heterocycles. The maximum atomic E-state index is 13.1. The van der Waals surface area contributed by atoms with E-state index in [1.165, 1.54) is 0 Å². The summed E-state index contributed by atoms with van der Waals surface area (Å²) < 4.78 is 43.2. The second kappa shape index (κ2) is 9.73. The van der Waals surface area contributed by atoms with Crippen LogP contribution in [0.2, 0.25) is 0 Å². The van der Waals surface area contributed by atoms with Crippen LogP contribution in [0.5, 0.6) is 0 Å². The summed E-state index contributed by atoms with van der Waals surface area (Å²) in [4.78, 5) is 3.06. The first-order valence-corrected chi connectivity index (χ1v) is 13.6. The Labute approximate surface area is 193 Å². The molecule has 0 saturated heterocycles. The van der Waals surface area contributed by atoms with E-state index in [2.05, 4.69) is 3.77 Å². The molecule has 0 fully saturated rings. The highest BCUT2D eigenvalue weighted by Crippen LogP contribution is 2.25. The summed E-state index contributed by atoms with van der Waals surface area (Å²) in [5, 5.41) is 0. The highest BCUT2D eigenvalue weighted by Gasteiger charge is 2.17. The molecule has 0 N–H and O–H groups in total. The van der Waals surface area contributed by atoms with Crippen molar-refractivity contribution in [3.05, 3.63) is 115 Å². The Morgan fingerprint density at radius 1 is 0.594 bits per heavy atom. The predicted molar refractivity (Wildman–Crippen MR) is 129 cm³/mol. The molecule has 0 aliphatic heterocycles. The lowest BCUT2D eigenvalue weighted by Crippen LogP contribution is -2.02. The standard InChI is InChI=1S/C25H21NO3S3/c1-20-12-18-25(19-13-20)32(28,29)26-30(21-8-4-2-5-9-21)22-14-16-24(17-15-22)31(27)23-10-6-3-7-11-23/h2-19H,1H3. The zero-order valence-corrected chi connectivity index (χ0v) is 19.7. The summed E-state index contributed by atoms with van der Waals surface area (Å²) in [7, 11) is -6.23. The molecule has 0 heterocycles. The number of aryl methyl sites for hydroxylation is 1. The van der Waals surface area contributed by atoms with Gasteiger partial charge in [0.1, 0.15) is 0 Å². The fourth-order valence-electron chi connectivity index (χ4n) is 3.00. The van der Waals surface area contributed by atoms with Crippen LogP contribution in [0.4, 0.5) is 0 Å². The summed E-state index contributed by atoms with van der Waals surface area (Å²) in [6.45, 7) is 1.91. The first-order chi connectivity index (χ1) is 15.4. The van der Waals surface area contributed by atoms with Crippen molar-refractivity contribution in [1.82, 2.24) is 0 Å². The van der Waals surface area contributed by atoms with Gasteiger partial charge in [-0.3, -0.25) is 0 Å².